The Morgan fingerprint density at radius 1 is 1.00 bits per heavy atom. The normalized spacial score (nSPS) is 18.8. The Morgan fingerprint density at radius 3 is 1.67 bits per heavy atom. The van der Waals surface area contributed by atoms with Crippen LogP contribution in [-0.4, -0.2) is 15.5 Å². The molecule has 1 N–H and O–H groups in total. The van der Waals surface area contributed by atoms with Gasteiger partial charge in [-0.2, -0.15) is 0 Å². The van der Waals surface area contributed by atoms with Crippen molar-refractivity contribution in [3.8, 4) is 0 Å². The Hall–Kier alpha value is 0.177. The lowest BCUT2D eigenvalue weighted by atomic mass is 10.4. The third kappa shape index (κ3) is 3.72. The van der Waals surface area contributed by atoms with Gasteiger partial charge in [0.2, 0.25) is 0 Å². The SMILES string of the molecule is CCN[SiH](C(C)CC)C(C)CC. The molecule has 0 saturated carbocycles. The zero-order valence-electron chi connectivity index (χ0n) is 9.35. The second-order valence-corrected chi connectivity index (χ2v) is 7.59. The maximum absolute atomic E-state index is 3.72. The van der Waals surface area contributed by atoms with Crippen molar-refractivity contribution in [1.82, 2.24) is 4.98 Å². The van der Waals surface area contributed by atoms with E-state index in [1.807, 2.05) is 0 Å². The number of hydrogen-bond acceptors (Lipinski definition) is 1. The second-order valence-electron chi connectivity index (χ2n) is 3.85. The van der Waals surface area contributed by atoms with E-state index < -0.39 is 8.96 Å². The van der Waals surface area contributed by atoms with E-state index in [4.69, 9.17) is 0 Å². The van der Waals surface area contributed by atoms with Gasteiger partial charge in [0, 0.05) is 0 Å². The molecule has 0 bridgehead atoms. The van der Waals surface area contributed by atoms with E-state index in [1.54, 1.807) is 0 Å². The Labute approximate surface area is 79.6 Å². The lowest BCUT2D eigenvalue weighted by molar-refractivity contribution is 0.742. The fourth-order valence-corrected chi connectivity index (χ4v) is 5.12. The van der Waals surface area contributed by atoms with Crippen molar-refractivity contribution < 1.29 is 0 Å². The summed E-state index contributed by atoms with van der Waals surface area (Å²) in [5, 5.41) is 0. The van der Waals surface area contributed by atoms with Crippen LogP contribution in [0.2, 0.25) is 11.1 Å². The highest BCUT2D eigenvalue weighted by atomic mass is 28.3. The van der Waals surface area contributed by atoms with Crippen LogP contribution in [0.4, 0.5) is 0 Å². The summed E-state index contributed by atoms with van der Waals surface area (Å²) in [4.78, 5) is 3.72. The lowest BCUT2D eigenvalue weighted by Crippen LogP contribution is -2.40. The van der Waals surface area contributed by atoms with Crippen LogP contribution in [0.5, 0.6) is 0 Å². The van der Waals surface area contributed by atoms with Gasteiger partial charge in [0.1, 0.15) is 8.96 Å². The van der Waals surface area contributed by atoms with E-state index >= 15 is 0 Å². The molecule has 0 fully saturated rings. The zero-order valence-corrected chi connectivity index (χ0v) is 10.5. The highest BCUT2D eigenvalue weighted by Crippen LogP contribution is 2.23. The molecule has 12 heavy (non-hydrogen) atoms. The van der Waals surface area contributed by atoms with Gasteiger partial charge >= 0.3 is 0 Å². The summed E-state index contributed by atoms with van der Waals surface area (Å²) in [5.41, 5.74) is 1.89. The molecule has 0 aliphatic rings. The Morgan fingerprint density at radius 2 is 1.42 bits per heavy atom. The third-order valence-corrected chi connectivity index (χ3v) is 7.23. The van der Waals surface area contributed by atoms with Gasteiger partial charge in [-0.25, -0.2) is 0 Å². The number of nitrogens with one attached hydrogen (secondary N) is 1. The molecule has 74 valence electrons. The molecule has 0 heterocycles. The first kappa shape index (κ1) is 12.2. The molecule has 0 rings (SSSR count). The van der Waals surface area contributed by atoms with E-state index in [2.05, 4.69) is 39.6 Å². The molecule has 0 aliphatic heterocycles. The molecule has 1 nitrogen and oxygen atoms in total. The first-order chi connectivity index (χ1) is 5.67. The van der Waals surface area contributed by atoms with Gasteiger partial charge in [0.15, 0.2) is 0 Å². The minimum Gasteiger partial charge on any atom is -0.339 e. The van der Waals surface area contributed by atoms with Crippen LogP contribution in [0.3, 0.4) is 0 Å². The van der Waals surface area contributed by atoms with Gasteiger partial charge in [-0.1, -0.05) is 47.5 Å². The van der Waals surface area contributed by atoms with Crippen molar-refractivity contribution in [1.29, 1.82) is 0 Å². The summed E-state index contributed by atoms with van der Waals surface area (Å²) in [5.74, 6) is 0. The van der Waals surface area contributed by atoms with Crippen molar-refractivity contribution in [3.63, 3.8) is 0 Å². The van der Waals surface area contributed by atoms with Crippen LogP contribution in [0.15, 0.2) is 0 Å². The van der Waals surface area contributed by atoms with Gasteiger partial charge in [0.25, 0.3) is 0 Å². The van der Waals surface area contributed by atoms with E-state index in [1.165, 1.54) is 12.8 Å². The number of hydrogen-bond donors (Lipinski definition) is 1. The van der Waals surface area contributed by atoms with Crippen LogP contribution in [0, 0.1) is 0 Å². The minimum atomic E-state index is -0.672. The van der Waals surface area contributed by atoms with Crippen LogP contribution < -0.4 is 4.98 Å². The largest absolute Gasteiger partial charge is 0.339 e. The van der Waals surface area contributed by atoms with Crippen LogP contribution in [-0.2, 0) is 0 Å². The Bertz CT molecular complexity index is 96.0. The van der Waals surface area contributed by atoms with Crippen molar-refractivity contribution >= 4 is 8.96 Å². The molecule has 2 heteroatoms. The van der Waals surface area contributed by atoms with Gasteiger partial charge in [-0.3, -0.25) is 0 Å². The molecule has 0 amide bonds. The maximum atomic E-state index is 3.72. The summed E-state index contributed by atoms with van der Waals surface area (Å²) in [6.45, 7) is 12.8. The summed E-state index contributed by atoms with van der Waals surface area (Å²) in [7, 11) is -0.672. The summed E-state index contributed by atoms with van der Waals surface area (Å²) < 4.78 is 0. The lowest BCUT2D eigenvalue weighted by Gasteiger charge is -2.27. The zero-order chi connectivity index (χ0) is 9.56. The average Bonchev–Trinajstić information content (AvgIpc) is 2.11. The molecule has 0 aromatic carbocycles. The predicted octanol–water partition coefficient (Wildman–Crippen LogP) is 2.92. The molecule has 0 radical (unpaired) electrons. The predicted molar refractivity (Wildman–Crippen MR) is 60.3 cm³/mol. The topological polar surface area (TPSA) is 12.0 Å². The third-order valence-electron chi connectivity index (χ3n) is 2.95. The van der Waals surface area contributed by atoms with E-state index in [0.717, 1.165) is 17.6 Å². The summed E-state index contributed by atoms with van der Waals surface area (Å²) >= 11 is 0. The summed E-state index contributed by atoms with van der Waals surface area (Å²) in [6, 6.07) is 0. The molecule has 0 aliphatic carbocycles. The van der Waals surface area contributed by atoms with Gasteiger partial charge < -0.3 is 4.98 Å². The monoisotopic (exact) mass is 187 g/mol. The Kier molecular flexibility index (Phi) is 6.77. The summed E-state index contributed by atoms with van der Waals surface area (Å²) in [6.07, 6.45) is 2.68. The fourth-order valence-electron chi connectivity index (χ4n) is 1.71. The molecule has 0 aromatic heterocycles. The highest BCUT2D eigenvalue weighted by Gasteiger charge is 2.21. The fraction of sp³-hybridized carbons (Fsp3) is 1.00. The van der Waals surface area contributed by atoms with Crippen molar-refractivity contribution in [2.45, 2.75) is 58.5 Å². The van der Waals surface area contributed by atoms with E-state index in [9.17, 15) is 0 Å². The second kappa shape index (κ2) is 6.67. The van der Waals surface area contributed by atoms with Crippen molar-refractivity contribution in [2.24, 2.45) is 0 Å². The highest BCUT2D eigenvalue weighted by molar-refractivity contribution is 6.59. The average molecular weight is 187 g/mol. The first-order valence-electron chi connectivity index (χ1n) is 5.40. The molecule has 2 atom stereocenters. The molecule has 2 unspecified atom stereocenters. The molecule has 0 spiro atoms. The van der Waals surface area contributed by atoms with Gasteiger partial charge in [-0.05, 0) is 17.6 Å². The number of rotatable bonds is 6. The van der Waals surface area contributed by atoms with Crippen LogP contribution >= 0.6 is 0 Å². The van der Waals surface area contributed by atoms with E-state index in [-0.39, 0.29) is 0 Å². The van der Waals surface area contributed by atoms with Crippen molar-refractivity contribution in [3.05, 3.63) is 0 Å². The quantitative estimate of drug-likeness (QED) is 0.631. The van der Waals surface area contributed by atoms with Crippen LogP contribution in [0.25, 0.3) is 0 Å². The standard InChI is InChI=1S/C10H25NSi/c1-6-9(4)12(11-8-3)10(5)7-2/h9-12H,6-8H2,1-5H3. The smallest absolute Gasteiger partial charge is 0.114 e. The van der Waals surface area contributed by atoms with Gasteiger partial charge in [-0.15, -0.1) is 0 Å². The molecular formula is C10H25NSi. The van der Waals surface area contributed by atoms with Crippen molar-refractivity contribution in [2.75, 3.05) is 6.54 Å². The molecule has 0 saturated heterocycles. The maximum Gasteiger partial charge on any atom is 0.114 e. The van der Waals surface area contributed by atoms with Crippen LogP contribution in [0.1, 0.15) is 47.5 Å². The molecular weight excluding hydrogens is 162 g/mol. The van der Waals surface area contributed by atoms with Gasteiger partial charge in [0.05, 0.1) is 0 Å². The minimum absolute atomic E-state index is 0.672. The molecule has 0 aromatic rings. The Balaban J connectivity index is 4.01. The first-order valence-corrected chi connectivity index (χ1v) is 7.31. The van der Waals surface area contributed by atoms with E-state index in [0.29, 0.717) is 0 Å².